The summed E-state index contributed by atoms with van der Waals surface area (Å²) < 4.78 is 0. The predicted octanol–water partition coefficient (Wildman–Crippen LogP) is 0.118. The van der Waals surface area contributed by atoms with Gasteiger partial charge in [-0.2, -0.15) is 0 Å². The Kier molecular flexibility index (Phi) is 10.5. The molecule has 0 spiro atoms. The molecule has 0 aromatic rings. The van der Waals surface area contributed by atoms with Crippen molar-refractivity contribution >= 4 is 11.9 Å². The summed E-state index contributed by atoms with van der Waals surface area (Å²) in [7, 11) is 0. The number of carbonyl (C=O) groups is 2. The van der Waals surface area contributed by atoms with Gasteiger partial charge in [0.15, 0.2) is 0 Å². The van der Waals surface area contributed by atoms with Crippen molar-refractivity contribution in [2.24, 2.45) is 5.73 Å². The number of hydrogen-bond donors (Lipinski definition) is 3. The zero-order valence-corrected chi connectivity index (χ0v) is 8.67. The van der Waals surface area contributed by atoms with E-state index >= 15 is 0 Å². The van der Waals surface area contributed by atoms with Gasteiger partial charge in [-0.25, -0.2) is 4.79 Å². The van der Waals surface area contributed by atoms with Crippen LogP contribution in [0.2, 0.25) is 0 Å². The lowest BCUT2D eigenvalue weighted by Crippen LogP contribution is -2.24. The van der Waals surface area contributed by atoms with E-state index in [0.717, 1.165) is 0 Å². The Morgan fingerprint density at radius 1 is 1.50 bits per heavy atom. The van der Waals surface area contributed by atoms with Crippen LogP contribution in [0.1, 0.15) is 20.3 Å². The minimum atomic E-state index is -0.935. The average molecular weight is 202 g/mol. The quantitative estimate of drug-likeness (QED) is 0.564. The van der Waals surface area contributed by atoms with Crippen molar-refractivity contribution in [3.05, 3.63) is 12.2 Å². The lowest BCUT2D eigenvalue weighted by molar-refractivity contribution is -0.132. The van der Waals surface area contributed by atoms with Crippen LogP contribution in [-0.2, 0) is 9.59 Å². The summed E-state index contributed by atoms with van der Waals surface area (Å²) >= 11 is 0. The smallest absolute Gasteiger partial charge is 0.330 e. The molecule has 0 rings (SSSR count). The molecular weight excluding hydrogens is 184 g/mol. The van der Waals surface area contributed by atoms with Crippen LogP contribution in [0.15, 0.2) is 12.2 Å². The summed E-state index contributed by atoms with van der Waals surface area (Å²) in [5.74, 6) is -0.898. The van der Waals surface area contributed by atoms with E-state index in [1.165, 1.54) is 6.92 Å². The second-order valence-corrected chi connectivity index (χ2v) is 2.58. The van der Waals surface area contributed by atoms with Gasteiger partial charge in [-0.3, -0.25) is 4.79 Å². The number of nitrogens with one attached hydrogen (secondary N) is 1. The number of carboxylic acids is 1. The van der Waals surface area contributed by atoms with E-state index in [1.807, 2.05) is 6.92 Å². The van der Waals surface area contributed by atoms with Gasteiger partial charge in [0.2, 0.25) is 5.91 Å². The van der Waals surface area contributed by atoms with E-state index < -0.39 is 5.97 Å². The molecule has 0 bridgehead atoms. The number of nitrogens with two attached hydrogens (primary N) is 1. The molecule has 5 heteroatoms. The minimum Gasteiger partial charge on any atom is -0.478 e. The molecule has 0 saturated carbocycles. The third-order valence-corrected chi connectivity index (χ3v) is 1.11. The third kappa shape index (κ3) is 13.2. The molecule has 5 nitrogen and oxygen atoms in total. The first-order valence-corrected chi connectivity index (χ1v) is 4.31. The number of aliphatic carboxylic acids is 1. The molecule has 0 aromatic carbocycles. The van der Waals surface area contributed by atoms with Crippen molar-refractivity contribution < 1.29 is 14.7 Å². The van der Waals surface area contributed by atoms with Gasteiger partial charge in [0, 0.05) is 25.1 Å². The molecule has 0 unspecified atom stereocenters. The first-order valence-electron chi connectivity index (χ1n) is 4.31. The Labute approximate surface area is 84.0 Å². The van der Waals surface area contributed by atoms with Crippen molar-refractivity contribution in [3.63, 3.8) is 0 Å². The predicted molar refractivity (Wildman–Crippen MR) is 54.8 cm³/mol. The van der Waals surface area contributed by atoms with Crippen molar-refractivity contribution in [2.75, 3.05) is 13.1 Å². The highest BCUT2D eigenvalue weighted by Crippen LogP contribution is 1.81. The fraction of sp³-hybridized carbons (Fsp3) is 0.556. The molecule has 1 amide bonds. The van der Waals surface area contributed by atoms with Crippen LogP contribution in [0.4, 0.5) is 0 Å². The highest BCUT2D eigenvalue weighted by atomic mass is 16.4. The molecule has 4 N–H and O–H groups in total. The molecule has 0 aliphatic carbocycles. The largest absolute Gasteiger partial charge is 0.478 e. The molecule has 0 fully saturated rings. The van der Waals surface area contributed by atoms with Crippen molar-refractivity contribution in [3.8, 4) is 0 Å². The third-order valence-electron chi connectivity index (χ3n) is 1.11. The van der Waals surface area contributed by atoms with Crippen LogP contribution in [-0.4, -0.2) is 30.1 Å². The maximum absolute atomic E-state index is 10.5. The standard InChI is InChI=1S/C5H12N2O.C4H6O2/c1-2-7-5(8)3-4-6;1-3(2)4(5)6/h2-4,6H2,1H3,(H,7,8);1H2,2H3,(H,5,6). The molecule has 0 atom stereocenters. The minimum absolute atomic E-state index is 0.0370. The van der Waals surface area contributed by atoms with Crippen molar-refractivity contribution in [2.45, 2.75) is 20.3 Å². The lowest BCUT2D eigenvalue weighted by Gasteiger charge is -1.96. The van der Waals surface area contributed by atoms with Gasteiger partial charge in [0.1, 0.15) is 0 Å². The van der Waals surface area contributed by atoms with E-state index in [9.17, 15) is 9.59 Å². The number of amides is 1. The molecule has 82 valence electrons. The molecular formula is C9H18N2O3. The molecule has 0 heterocycles. The molecule has 0 radical (unpaired) electrons. The SMILES string of the molecule is C=C(C)C(=O)O.CCNC(=O)CCN. The molecule has 14 heavy (non-hydrogen) atoms. The average Bonchev–Trinajstić information content (AvgIpc) is 2.06. The van der Waals surface area contributed by atoms with Crippen molar-refractivity contribution in [1.29, 1.82) is 0 Å². The maximum Gasteiger partial charge on any atom is 0.330 e. The Balaban J connectivity index is 0. The molecule has 0 aliphatic rings. The number of hydrogen-bond acceptors (Lipinski definition) is 3. The first-order chi connectivity index (χ1) is 6.45. The first kappa shape index (κ1) is 15.1. The molecule has 0 aromatic heterocycles. The Morgan fingerprint density at radius 2 is 1.93 bits per heavy atom. The summed E-state index contributed by atoms with van der Waals surface area (Å²) in [5, 5.41) is 10.5. The van der Waals surface area contributed by atoms with Gasteiger partial charge in [-0.15, -0.1) is 0 Å². The monoisotopic (exact) mass is 202 g/mol. The van der Waals surface area contributed by atoms with E-state index in [2.05, 4.69) is 11.9 Å². The van der Waals surface area contributed by atoms with Crippen molar-refractivity contribution in [1.82, 2.24) is 5.32 Å². The van der Waals surface area contributed by atoms with Gasteiger partial charge >= 0.3 is 5.97 Å². The second kappa shape index (κ2) is 9.73. The van der Waals surface area contributed by atoms with E-state index in [4.69, 9.17) is 10.8 Å². The highest BCUT2D eigenvalue weighted by Gasteiger charge is 1.92. The molecule has 0 saturated heterocycles. The normalized spacial score (nSPS) is 8.21. The Bertz CT molecular complexity index is 182. The van der Waals surface area contributed by atoms with Gasteiger partial charge in [-0.1, -0.05) is 6.58 Å². The van der Waals surface area contributed by atoms with Crippen LogP contribution < -0.4 is 11.1 Å². The zero-order chi connectivity index (χ0) is 11.6. The van der Waals surface area contributed by atoms with E-state index in [0.29, 0.717) is 19.5 Å². The van der Waals surface area contributed by atoms with Crippen LogP contribution >= 0.6 is 0 Å². The summed E-state index contributed by atoms with van der Waals surface area (Å²) in [5.41, 5.74) is 5.27. The fourth-order valence-corrected chi connectivity index (χ4v) is 0.417. The highest BCUT2D eigenvalue weighted by molar-refractivity contribution is 5.84. The lowest BCUT2D eigenvalue weighted by atomic mass is 10.4. The van der Waals surface area contributed by atoms with Crippen LogP contribution in [0.3, 0.4) is 0 Å². The number of rotatable bonds is 4. The Morgan fingerprint density at radius 3 is 2.14 bits per heavy atom. The van der Waals surface area contributed by atoms with Crippen LogP contribution in [0.5, 0.6) is 0 Å². The van der Waals surface area contributed by atoms with Crippen LogP contribution in [0.25, 0.3) is 0 Å². The van der Waals surface area contributed by atoms with Gasteiger partial charge in [0.05, 0.1) is 0 Å². The van der Waals surface area contributed by atoms with E-state index in [1.54, 1.807) is 0 Å². The fourth-order valence-electron chi connectivity index (χ4n) is 0.417. The molecule has 0 aliphatic heterocycles. The summed E-state index contributed by atoms with van der Waals surface area (Å²) in [6, 6.07) is 0. The van der Waals surface area contributed by atoms with E-state index in [-0.39, 0.29) is 11.5 Å². The number of carboxylic acid groups (broad SMARTS) is 1. The second-order valence-electron chi connectivity index (χ2n) is 2.58. The summed E-state index contributed by atoms with van der Waals surface area (Å²) in [4.78, 5) is 20.1. The summed E-state index contributed by atoms with van der Waals surface area (Å²) in [6.07, 6.45) is 0.438. The van der Waals surface area contributed by atoms with Crippen LogP contribution in [0, 0.1) is 0 Å². The van der Waals surface area contributed by atoms with Gasteiger partial charge in [-0.05, 0) is 13.8 Å². The topological polar surface area (TPSA) is 92.4 Å². The Hall–Kier alpha value is -1.36. The summed E-state index contributed by atoms with van der Waals surface area (Å²) in [6.45, 7) is 7.61. The zero-order valence-electron chi connectivity index (χ0n) is 8.67. The van der Waals surface area contributed by atoms with Gasteiger partial charge < -0.3 is 16.2 Å². The van der Waals surface area contributed by atoms with Gasteiger partial charge in [0.25, 0.3) is 0 Å². The number of carbonyl (C=O) groups excluding carboxylic acids is 1. The maximum atomic E-state index is 10.5.